The van der Waals surface area contributed by atoms with E-state index < -0.39 is 10.0 Å². The van der Waals surface area contributed by atoms with E-state index in [1.165, 1.54) is 16.4 Å². The van der Waals surface area contributed by atoms with Crippen molar-refractivity contribution >= 4 is 65.5 Å². The summed E-state index contributed by atoms with van der Waals surface area (Å²) in [6, 6.07) is 18.6. The van der Waals surface area contributed by atoms with Gasteiger partial charge in [-0.2, -0.15) is 4.31 Å². The Kier molecular flexibility index (Phi) is 6.67. The van der Waals surface area contributed by atoms with E-state index in [1.54, 1.807) is 48.7 Å². The van der Waals surface area contributed by atoms with E-state index >= 15 is 0 Å². The molecule has 0 radical (unpaired) electrons. The minimum atomic E-state index is -3.63. The number of anilines is 3. The molecule has 1 aliphatic heterocycles. The molecule has 2 heterocycles. The third-order valence-electron chi connectivity index (χ3n) is 5.96. The molecule has 1 N–H and O–H groups in total. The molecule has 1 aliphatic rings. The first-order valence-electron chi connectivity index (χ1n) is 10.9. The Morgan fingerprint density at radius 1 is 0.943 bits per heavy atom. The predicted octanol–water partition coefficient (Wildman–Crippen LogP) is 6.04. The molecule has 0 unspecified atom stereocenters. The molecule has 0 spiro atoms. The number of benzene rings is 3. The standard InChI is InChI=1S/C25H21BrClFN4O2S/c26-22-16-18(28)2-8-25(22)31-11-13-32(14-12-31)35(33,34)20-5-3-19(4-6-20)30-23-9-10-29-24-15-17(27)1-7-21(23)24/h1-10,15-16H,11-14H2,(H,29,30). The van der Waals surface area contributed by atoms with E-state index in [0.29, 0.717) is 35.7 Å². The lowest BCUT2D eigenvalue weighted by molar-refractivity contribution is 0.384. The molecule has 0 atom stereocenters. The van der Waals surface area contributed by atoms with Gasteiger partial charge in [0.2, 0.25) is 10.0 Å². The lowest BCUT2D eigenvalue weighted by atomic mass is 10.2. The van der Waals surface area contributed by atoms with Gasteiger partial charge < -0.3 is 10.2 Å². The smallest absolute Gasteiger partial charge is 0.243 e. The van der Waals surface area contributed by atoms with Crippen molar-refractivity contribution in [2.24, 2.45) is 0 Å². The second-order valence-electron chi connectivity index (χ2n) is 8.16. The summed E-state index contributed by atoms with van der Waals surface area (Å²) in [5.74, 6) is -0.318. The number of hydrogen-bond donors (Lipinski definition) is 1. The van der Waals surface area contributed by atoms with Crippen LogP contribution in [0.2, 0.25) is 5.02 Å². The average molecular weight is 576 g/mol. The number of aromatic nitrogens is 1. The molecule has 0 saturated carbocycles. The Morgan fingerprint density at radius 3 is 2.40 bits per heavy atom. The molecule has 10 heteroatoms. The molecule has 0 bridgehead atoms. The summed E-state index contributed by atoms with van der Waals surface area (Å²) in [5.41, 5.74) is 3.24. The Labute approximate surface area is 216 Å². The highest BCUT2D eigenvalue weighted by atomic mass is 79.9. The number of rotatable bonds is 5. The summed E-state index contributed by atoms with van der Waals surface area (Å²) in [4.78, 5) is 6.64. The monoisotopic (exact) mass is 574 g/mol. The van der Waals surface area contributed by atoms with E-state index in [4.69, 9.17) is 11.6 Å². The Balaban J connectivity index is 1.29. The van der Waals surface area contributed by atoms with Crippen LogP contribution in [-0.2, 0) is 10.0 Å². The lowest BCUT2D eigenvalue weighted by Gasteiger charge is -2.35. The molecule has 5 rings (SSSR count). The summed E-state index contributed by atoms with van der Waals surface area (Å²) in [7, 11) is -3.63. The first-order valence-corrected chi connectivity index (χ1v) is 13.5. The Hall–Kier alpha value is -2.72. The summed E-state index contributed by atoms with van der Waals surface area (Å²) in [6.45, 7) is 1.72. The highest BCUT2D eigenvalue weighted by molar-refractivity contribution is 9.10. The second-order valence-corrected chi connectivity index (χ2v) is 11.4. The van der Waals surface area contributed by atoms with Crippen LogP contribution in [0, 0.1) is 5.82 Å². The van der Waals surface area contributed by atoms with Gasteiger partial charge in [0.1, 0.15) is 5.82 Å². The fourth-order valence-electron chi connectivity index (χ4n) is 4.15. The molecule has 1 aromatic heterocycles. The highest BCUT2D eigenvalue weighted by Gasteiger charge is 2.29. The minimum absolute atomic E-state index is 0.242. The number of halogens is 3. The van der Waals surface area contributed by atoms with Crippen LogP contribution < -0.4 is 10.2 Å². The zero-order chi connectivity index (χ0) is 24.6. The van der Waals surface area contributed by atoms with E-state index in [1.807, 2.05) is 12.1 Å². The Bertz CT molecular complexity index is 1490. The molecular formula is C25H21BrClFN4O2S. The molecule has 1 saturated heterocycles. The van der Waals surface area contributed by atoms with Crippen LogP contribution in [0.25, 0.3) is 10.9 Å². The van der Waals surface area contributed by atoms with Gasteiger partial charge in [0, 0.05) is 58.6 Å². The van der Waals surface area contributed by atoms with Gasteiger partial charge in [0.25, 0.3) is 0 Å². The third kappa shape index (κ3) is 4.99. The SMILES string of the molecule is O=S(=O)(c1ccc(Nc2ccnc3cc(Cl)ccc23)cc1)N1CCN(c2ccc(F)cc2Br)CC1. The van der Waals surface area contributed by atoms with Crippen LogP contribution in [0.15, 0.2) is 82.3 Å². The predicted molar refractivity (Wildman–Crippen MR) is 142 cm³/mol. The van der Waals surface area contributed by atoms with Gasteiger partial charge in [-0.05, 0) is 82.7 Å². The summed E-state index contributed by atoms with van der Waals surface area (Å²) < 4.78 is 42.0. The molecule has 35 heavy (non-hydrogen) atoms. The van der Waals surface area contributed by atoms with Gasteiger partial charge in [-0.3, -0.25) is 4.98 Å². The van der Waals surface area contributed by atoms with E-state index in [-0.39, 0.29) is 10.7 Å². The van der Waals surface area contributed by atoms with Crippen LogP contribution in [0.3, 0.4) is 0 Å². The van der Waals surface area contributed by atoms with E-state index in [2.05, 4.69) is 31.1 Å². The van der Waals surface area contributed by atoms with Crippen LogP contribution in [0.4, 0.5) is 21.5 Å². The minimum Gasteiger partial charge on any atom is -0.368 e. The molecule has 6 nitrogen and oxygen atoms in total. The number of nitrogens with zero attached hydrogens (tertiary/aromatic N) is 3. The molecule has 180 valence electrons. The number of nitrogens with one attached hydrogen (secondary N) is 1. The van der Waals surface area contributed by atoms with Gasteiger partial charge in [-0.15, -0.1) is 0 Å². The Morgan fingerprint density at radius 2 is 1.69 bits per heavy atom. The maximum atomic E-state index is 13.4. The fraction of sp³-hybridized carbons (Fsp3) is 0.160. The van der Waals surface area contributed by atoms with Crippen LogP contribution in [-0.4, -0.2) is 43.9 Å². The van der Waals surface area contributed by atoms with Crippen LogP contribution in [0.1, 0.15) is 0 Å². The summed E-state index contributed by atoms with van der Waals surface area (Å²) in [5, 5.41) is 4.86. The van der Waals surface area contributed by atoms with E-state index in [0.717, 1.165) is 28.0 Å². The van der Waals surface area contributed by atoms with Crippen LogP contribution in [0.5, 0.6) is 0 Å². The number of piperazine rings is 1. The first kappa shape index (κ1) is 24.0. The summed E-state index contributed by atoms with van der Waals surface area (Å²) >= 11 is 9.46. The molecule has 1 fully saturated rings. The maximum absolute atomic E-state index is 13.4. The maximum Gasteiger partial charge on any atom is 0.243 e. The summed E-state index contributed by atoms with van der Waals surface area (Å²) in [6.07, 6.45) is 1.70. The highest BCUT2D eigenvalue weighted by Crippen LogP contribution is 2.30. The van der Waals surface area contributed by atoms with Gasteiger partial charge in [0.05, 0.1) is 16.1 Å². The van der Waals surface area contributed by atoms with Gasteiger partial charge in [-0.25, -0.2) is 12.8 Å². The van der Waals surface area contributed by atoms with Crippen molar-refractivity contribution in [1.82, 2.24) is 9.29 Å². The zero-order valence-corrected chi connectivity index (χ0v) is 21.6. The molecule has 0 amide bonds. The largest absolute Gasteiger partial charge is 0.368 e. The fourth-order valence-corrected chi connectivity index (χ4v) is 6.34. The quantitative estimate of drug-likeness (QED) is 0.314. The number of hydrogen-bond acceptors (Lipinski definition) is 5. The molecule has 4 aromatic rings. The van der Waals surface area contributed by atoms with E-state index in [9.17, 15) is 12.8 Å². The lowest BCUT2D eigenvalue weighted by Crippen LogP contribution is -2.48. The van der Waals surface area contributed by atoms with Crippen molar-refractivity contribution in [3.8, 4) is 0 Å². The van der Waals surface area contributed by atoms with Crippen molar-refractivity contribution in [3.63, 3.8) is 0 Å². The molecule has 3 aromatic carbocycles. The van der Waals surface area contributed by atoms with Crippen LogP contribution >= 0.6 is 27.5 Å². The second kappa shape index (κ2) is 9.73. The van der Waals surface area contributed by atoms with Crippen molar-refractivity contribution in [3.05, 3.63) is 88.2 Å². The van der Waals surface area contributed by atoms with Crippen molar-refractivity contribution < 1.29 is 12.8 Å². The third-order valence-corrected chi connectivity index (χ3v) is 8.75. The number of fused-ring (bicyclic) bond motifs is 1. The van der Waals surface area contributed by atoms with Gasteiger partial charge in [-0.1, -0.05) is 11.6 Å². The topological polar surface area (TPSA) is 65.5 Å². The average Bonchev–Trinajstić information content (AvgIpc) is 2.84. The van der Waals surface area contributed by atoms with Crippen molar-refractivity contribution in [1.29, 1.82) is 0 Å². The van der Waals surface area contributed by atoms with Crippen molar-refractivity contribution in [2.45, 2.75) is 4.90 Å². The normalized spacial score (nSPS) is 14.9. The number of pyridine rings is 1. The van der Waals surface area contributed by atoms with Gasteiger partial charge >= 0.3 is 0 Å². The first-order chi connectivity index (χ1) is 16.8. The van der Waals surface area contributed by atoms with Crippen molar-refractivity contribution in [2.75, 3.05) is 36.4 Å². The zero-order valence-electron chi connectivity index (χ0n) is 18.5. The van der Waals surface area contributed by atoms with Gasteiger partial charge in [0.15, 0.2) is 0 Å². The molecular weight excluding hydrogens is 555 g/mol. The number of sulfonamides is 1. The molecule has 0 aliphatic carbocycles.